The first-order valence-electron chi connectivity index (χ1n) is 11.1. The number of rotatable bonds is 4. The van der Waals surface area contributed by atoms with Crippen LogP contribution in [0.3, 0.4) is 0 Å². The van der Waals surface area contributed by atoms with Crippen molar-refractivity contribution in [3.63, 3.8) is 0 Å². The molecule has 0 saturated carbocycles. The van der Waals surface area contributed by atoms with E-state index in [9.17, 15) is 13.2 Å². The fourth-order valence-corrected chi connectivity index (χ4v) is 5.87. The zero-order valence-electron chi connectivity index (χ0n) is 18.3. The lowest BCUT2D eigenvalue weighted by molar-refractivity contribution is 0.102. The number of carbonyl (C=O) groups is 1. The molecule has 0 unspecified atom stereocenters. The maximum absolute atomic E-state index is 13.8. The maximum Gasteiger partial charge on any atom is 0.259 e. The Bertz CT molecular complexity index is 1330. The van der Waals surface area contributed by atoms with Gasteiger partial charge < -0.3 is 14.8 Å². The van der Waals surface area contributed by atoms with Crippen LogP contribution in [0.15, 0.2) is 65.6 Å². The van der Waals surface area contributed by atoms with Crippen molar-refractivity contribution < 1.29 is 22.7 Å². The Kier molecular flexibility index (Phi) is 6.20. The highest BCUT2D eigenvalue weighted by Gasteiger charge is 2.32. The first kappa shape index (κ1) is 22.7. The van der Waals surface area contributed by atoms with E-state index in [1.807, 2.05) is 0 Å². The zero-order valence-corrected chi connectivity index (χ0v) is 19.9. The molecule has 176 valence electrons. The fraction of sp³-hybridized carbons (Fsp3) is 0.240. The second-order valence-electron chi connectivity index (χ2n) is 8.22. The fourth-order valence-electron chi connectivity index (χ4n) is 4.10. The molecule has 5 rings (SSSR count). The Morgan fingerprint density at radius 1 is 0.912 bits per heavy atom. The van der Waals surface area contributed by atoms with Crippen molar-refractivity contribution in [1.82, 2.24) is 4.31 Å². The Hall–Kier alpha value is -3.07. The molecule has 0 atom stereocenters. The number of halogens is 1. The molecule has 34 heavy (non-hydrogen) atoms. The average Bonchev–Trinajstić information content (AvgIpc) is 3.18. The average molecular weight is 499 g/mol. The largest absolute Gasteiger partial charge is 0.456 e. The van der Waals surface area contributed by atoms with Crippen LogP contribution < -0.4 is 14.8 Å². The summed E-state index contributed by atoms with van der Waals surface area (Å²) in [5.41, 5.74) is 0.619. The Morgan fingerprint density at radius 2 is 1.62 bits per heavy atom. The van der Waals surface area contributed by atoms with Gasteiger partial charge >= 0.3 is 0 Å². The van der Waals surface area contributed by atoms with E-state index < -0.39 is 15.9 Å². The van der Waals surface area contributed by atoms with Gasteiger partial charge in [-0.05, 0) is 55.3 Å². The van der Waals surface area contributed by atoms with Crippen LogP contribution in [0.25, 0.3) is 0 Å². The summed E-state index contributed by atoms with van der Waals surface area (Å²) >= 11 is 5.99. The van der Waals surface area contributed by atoms with E-state index in [0.717, 1.165) is 25.7 Å². The lowest BCUT2D eigenvalue weighted by Gasteiger charge is -2.22. The van der Waals surface area contributed by atoms with Crippen molar-refractivity contribution in [2.75, 3.05) is 18.4 Å². The third kappa shape index (κ3) is 4.49. The second kappa shape index (κ2) is 9.29. The summed E-state index contributed by atoms with van der Waals surface area (Å²) in [6.07, 6.45) is 3.55. The number of fused-ring (bicyclic) bond motifs is 2. The number of nitrogens with zero attached hydrogens (tertiary/aromatic N) is 1. The molecule has 9 heteroatoms. The molecule has 2 aliphatic heterocycles. The van der Waals surface area contributed by atoms with E-state index in [-0.39, 0.29) is 22.0 Å². The van der Waals surface area contributed by atoms with Crippen LogP contribution in [0.1, 0.15) is 36.0 Å². The van der Waals surface area contributed by atoms with Crippen molar-refractivity contribution in [2.24, 2.45) is 0 Å². The smallest absolute Gasteiger partial charge is 0.259 e. The van der Waals surface area contributed by atoms with Gasteiger partial charge in [-0.3, -0.25) is 4.79 Å². The minimum atomic E-state index is -3.93. The minimum absolute atomic E-state index is 0.0761. The molecule has 3 aromatic carbocycles. The molecule has 0 bridgehead atoms. The first-order valence-corrected chi connectivity index (χ1v) is 12.9. The number of amides is 1. The summed E-state index contributed by atoms with van der Waals surface area (Å²) in [5.74, 6) is 0.703. The van der Waals surface area contributed by atoms with Gasteiger partial charge in [0.15, 0.2) is 11.5 Å². The van der Waals surface area contributed by atoms with Crippen LogP contribution in [0, 0.1) is 0 Å². The molecule has 2 aliphatic rings. The van der Waals surface area contributed by atoms with Crippen LogP contribution in [-0.2, 0) is 10.0 Å². The summed E-state index contributed by atoms with van der Waals surface area (Å²) in [4.78, 5) is 13.0. The van der Waals surface area contributed by atoms with Crippen molar-refractivity contribution in [1.29, 1.82) is 0 Å². The predicted molar refractivity (Wildman–Crippen MR) is 130 cm³/mol. The van der Waals surface area contributed by atoms with Gasteiger partial charge in [0.25, 0.3) is 5.91 Å². The topological polar surface area (TPSA) is 84.9 Å². The van der Waals surface area contributed by atoms with Gasteiger partial charge in [0.2, 0.25) is 10.0 Å². The van der Waals surface area contributed by atoms with Gasteiger partial charge in [0.1, 0.15) is 16.4 Å². The van der Waals surface area contributed by atoms with Gasteiger partial charge in [-0.1, -0.05) is 36.6 Å². The molecule has 0 radical (unpaired) electrons. The highest BCUT2D eigenvalue weighted by atomic mass is 35.5. The second-order valence-corrected chi connectivity index (χ2v) is 10.6. The molecule has 1 fully saturated rings. The third-order valence-corrected chi connectivity index (χ3v) is 8.04. The summed E-state index contributed by atoms with van der Waals surface area (Å²) in [6.45, 7) is 0.849. The number of benzene rings is 3. The van der Waals surface area contributed by atoms with Gasteiger partial charge in [-0.25, -0.2) is 8.42 Å². The number of sulfonamides is 1. The molecular formula is C25H23ClN2O5S. The molecule has 0 aromatic heterocycles. The van der Waals surface area contributed by atoms with Gasteiger partial charge in [0, 0.05) is 24.2 Å². The number of ether oxygens (including phenoxy) is 2. The van der Waals surface area contributed by atoms with E-state index in [1.54, 1.807) is 48.5 Å². The van der Waals surface area contributed by atoms with Crippen LogP contribution in [-0.4, -0.2) is 31.7 Å². The lowest BCUT2D eigenvalue weighted by atomic mass is 10.1. The molecule has 2 heterocycles. The molecule has 1 amide bonds. The quantitative estimate of drug-likeness (QED) is 0.473. The van der Waals surface area contributed by atoms with Gasteiger partial charge in [-0.2, -0.15) is 4.31 Å². The van der Waals surface area contributed by atoms with Crippen LogP contribution in [0.5, 0.6) is 23.0 Å². The van der Waals surface area contributed by atoms with Crippen LogP contribution in [0.2, 0.25) is 5.02 Å². The molecule has 0 spiro atoms. The number of carbonyl (C=O) groups excluding carboxylic acids is 1. The molecule has 7 nitrogen and oxygen atoms in total. The van der Waals surface area contributed by atoms with Crippen molar-refractivity contribution >= 4 is 33.2 Å². The van der Waals surface area contributed by atoms with Crippen LogP contribution >= 0.6 is 11.6 Å². The standard InChI is InChI=1S/C25H23ClN2O5S/c26-17-9-11-18(12-10-17)32-23-16-22-19(25(29)27-20-7-3-4-8-21(20)33-22)15-24(23)34(30,31)28-13-5-1-2-6-14-28/h3-4,7-12,15-16H,1-2,5-6,13-14H2,(H,27,29). The first-order chi connectivity index (χ1) is 16.4. The van der Waals surface area contributed by atoms with E-state index >= 15 is 0 Å². The Balaban J connectivity index is 1.64. The summed E-state index contributed by atoms with van der Waals surface area (Å²) in [6, 6.07) is 16.5. The lowest BCUT2D eigenvalue weighted by Crippen LogP contribution is -2.32. The molecular weight excluding hydrogens is 476 g/mol. The maximum atomic E-state index is 13.8. The molecule has 1 N–H and O–H groups in total. The SMILES string of the molecule is O=C1Nc2ccccc2Oc2cc(Oc3ccc(Cl)cc3)c(S(=O)(=O)N3CCCCCC3)cc21. The third-order valence-electron chi connectivity index (χ3n) is 5.87. The van der Waals surface area contributed by atoms with Crippen LogP contribution in [0.4, 0.5) is 5.69 Å². The van der Waals surface area contributed by atoms with Crippen molar-refractivity contribution in [3.8, 4) is 23.0 Å². The summed E-state index contributed by atoms with van der Waals surface area (Å²) in [5, 5.41) is 3.33. The molecule has 3 aromatic rings. The normalized spacial score (nSPS) is 16.3. The molecule has 1 saturated heterocycles. The van der Waals surface area contributed by atoms with Crippen molar-refractivity contribution in [2.45, 2.75) is 30.6 Å². The number of nitrogens with one attached hydrogen (secondary N) is 1. The number of hydrogen-bond donors (Lipinski definition) is 1. The highest BCUT2D eigenvalue weighted by molar-refractivity contribution is 7.89. The van der Waals surface area contributed by atoms with Gasteiger partial charge in [-0.15, -0.1) is 0 Å². The number of anilines is 1. The monoisotopic (exact) mass is 498 g/mol. The van der Waals surface area contributed by atoms with Crippen molar-refractivity contribution in [3.05, 3.63) is 71.2 Å². The van der Waals surface area contributed by atoms with E-state index in [2.05, 4.69) is 5.32 Å². The summed E-state index contributed by atoms with van der Waals surface area (Å²) < 4.78 is 41.0. The van der Waals surface area contributed by atoms with E-state index in [1.165, 1.54) is 16.4 Å². The van der Waals surface area contributed by atoms with E-state index in [0.29, 0.717) is 35.3 Å². The highest BCUT2D eigenvalue weighted by Crippen LogP contribution is 2.42. The Labute approximate surface area is 203 Å². The zero-order chi connectivity index (χ0) is 23.7. The van der Waals surface area contributed by atoms with E-state index in [4.69, 9.17) is 21.1 Å². The van der Waals surface area contributed by atoms with Gasteiger partial charge in [0.05, 0.1) is 11.3 Å². The number of para-hydroxylation sites is 2. The minimum Gasteiger partial charge on any atom is -0.456 e. The summed E-state index contributed by atoms with van der Waals surface area (Å²) in [7, 11) is -3.93. The Morgan fingerprint density at radius 3 is 2.35 bits per heavy atom. The molecule has 0 aliphatic carbocycles. The number of hydrogen-bond acceptors (Lipinski definition) is 5. The predicted octanol–water partition coefficient (Wildman–Crippen LogP) is 6.06.